The van der Waals surface area contributed by atoms with E-state index in [-0.39, 0.29) is 24.4 Å². The van der Waals surface area contributed by atoms with E-state index >= 15 is 0 Å². The molecule has 0 aliphatic carbocycles. The minimum atomic E-state index is -0.299. The second-order valence-electron chi connectivity index (χ2n) is 7.23. The molecule has 0 spiro atoms. The molecule has 0 bridgehead atoms. The van der Waals surface area contributed by atoms with Crippen molar-refractivity contribution in [2.45, 2.75) is 26.7 Å². The number of amides is 4. The molecule has 1 atom stereocenters. The molecule has 0 radical (unpaired) electrons. The fraction of sp³-hybridized carbons (Fsp3) is 0.526. The Kier molecular flexibility index (Phi) is 5.44. The summed E-state index contributed by atoms with van der Waals surface area (Å²) in [6.45, 7) is 6.66. The van der Waals surface area contributed by atoms with E-state index in [4.69, 9.17) is 0 Å². The molecule has 1 aromatic carbocycles. The molecule has 2 saturated heterocycles. The summed E-state index contributed by atoms with van der Waals surface area (Å²) in [4.78, 5) is 39.8. The van der Waals surface area contributed by atoms with E-state index in [1.165, 1.54) is 11.3 Å². The molecule has 2 heterocycles. The molecule has 26 heavy (non-hydrogen) atoms. The first kappa shape index (κ1) is 18.2. The Morgan fingerprint density at radius 3 is 2.73 bits per heavy atom. The number of carbonyl (C=O) groups excluding carboxylic acids is 3. The van der Waals surface area contributed by atoms with Gasteiger partial charge in [-0.05, 0) is 49.4 Å². The standard InChI is InChI=1S/C19H26N4O3/c1-13-4-3-8-22(11-13)18(25)15-5-6-16(14(2)10-15)21-19(26)23-9-7-20-17(24)12-23/h5-6,10,13H,3-4,7-9,11-12H2,1-2H3,(H,20,24)(H,21,26). The van der Waals surface area contributed by atoms with Gasteiger partial charge in [0.2, 0.25) is 5.91 Å². The number of urea groups is 1. The number of anilines is 1. The molecule has 0 aromatic heterocycles. The summed E-state index contributed by atoms with van der Waals surface area (Å²) in [6, 6.07) is 5.04. The van der Waals surface area contributed by atoms with Gasteiger partial charge in [0.25, 0.3) is 5.91 Å². The van der Waals surface area contributed by atoms with E-state index in [1.54, 1.807) is 12.1 Å². The molecular formula is C19H26N4O3. The highest BCUT2D eigenvalue weighted by molar-refractivity contribution is 5.97. The van der Waals surface area contributed by atoms with Crippen LogP contribution in [0, 0.1) is 12.8 Å². The maximum absolute atomic E-state index is 12.7. The largest absolute Gasteiger partial charge is 0.353 e. The number of benzene rings is 1. The van der Waals surface area contributed by atoms with Gasteiger partial charge in [-0.25, -0.2) is 4.79 Å². The molecule has 1 aromatic rings. The minimum absolute atomic E-state index is 0.0465. The number of likely N-dealkylation sites (tertiary alicyclic amines) is 1. The van der Waals surface area contributed by atoms with E-state index in [0.717, 1.165) is 25.1 Å². The SMILES string of the molecule is Cc1cc(C(=O)N2CCCC(C)C2)ccc1NC(=O)N1CCNC(=O)C1. The third-order valence-electron chi connectivity index (χ3n) is 4.98. The van der Waals surface area contributed by atoms with Crippen molar-refractivity contribution in [1.29, 1.82) is 0 Å². The summed E-state index contributed by atoms with van der Waals surface area (Å²) >= 11 is 0. The van der Waals surface area contributed by atoms with E-state index in [9.17, 15) is 14.4 Å². The Balaban J connectivity index is 1.66. The topological polar surface area (TPSA) is 81.8 Å². The van der Waals surface area contributed by atoms with Crippen LogP contribution in [0.4, 0.5) is 10.5 Å². The van der Waals surface area contributed by atoms with Gasteiger partial charge in [0.1, 0.15) is 6.54 Å². The lowest BCUT2D eigenvalue weighted by atomic mass is 9.99. The van der Waals surface area contributed by atoms with Crippen molar-refractivity contribution in [1.82, 2.24) is 15.1 Å². The van der Waals surface area contributed by atoms with Crippen molar-refractivity contribution in [3.8, 4) is 0 Å². The zero-order chi connectivity index (χ0) is 18.7. The number of rotatable bonds is 2. The molecule has 2 aliphatic heterocycles. The highest BCUT2D eigenvalue weighted by Gasteiger charge is 2.24. The average Bonchev–Trinajstić information content (AvgIpc) is 2.62. The third-order valence-corrected chi connectivity index (χ3v) is 4.98. The first-order valence-electron chi connectivity index (χ1n) is 9.16. The quantitative estimate of drug-likeness (QED) is 0.846. The number of carbonyl (C=O) groups is 3. The summed E-state index contributed by atoms with van der Waals surface area (Å²) < 4.78 is 0. The average molecular weight is 358 g/mol. The van der Waals surface area contributed by atoms with Crippen LogP contribution in [0.1, 0.15) is 35.7 Å². The Bertz CT molecular complexity index is 719. The van der Waals surface area contributed by atoms with E-state index in [1.807, 2.05) is 17.9 Å². The predicted molar refractivity (Wildman–Crippen MR) is 99.1 cm³/mol. The van der Waals surface area contributed by atoms with Gasteiger partial charge in [-0.3, -0.25) is 9.59 Å². The summed E-state index contributed by atoms with van der Waals surface area (Å²) in [6.07, 6.45) is 2.21. The van der Waals surface area contributed by atoms with Crippen LogP contribution >= 0.6 is 0 Å². The number of piperidine rings is 1. The minimum Gasteiger partial charge on any atom is -0.353 e. The molecule has 2 aliphatic rings. The van der Waals surface area contributed by atoms with Crippen molar-refractivity contribution in [2.75, 3.05) is 38.0 Å². The Morgan fingerprint density at radius 2 is 2.04 bits per heavy atom. The van der Waals surface area contributed by atoms with Crippen LogP contribution in [-0.2, 0) is 4.79 Å². The number of hydrogen-bond acceptors (Lipinski definition) is 3. The molecule has 0 saturated carbocycles. The van der Waals surface area contributed by atoms with Crippen LogP contribution in [0.3, 0.4) is 0 Å². The first-order chi connectivity index (χ1) is 12.4. The fourth-order valence-corrected chi connectivity index (χ4v) is 3.50. The van der Waals surface area contributed by atoms with Gasteiger partial charge in [-0.15, -0.1) is 0 Å². The van der Waals surface area contributed by atoms with Crippen molar-refractivity contribution < 1.29 is 14.4 Å². The van der Waals surface area contributed by atoms with Gasteiger partial charge in [0.15, 0.2) is 0 Å². The summed E-state index contributed by atoms with van der Waals surface area (Å²) in [7, 11) is 0. The van der Waals surface area contributed by atoms with Crippen molar-refractivity contribution in [3.05, 3.63) is 29.3 Å². The van der Waals surface area contributed by atoms with Crippen LogP contribution in [0.2, 0.25) is 0 Å². The van der Waals surface area contributed by atoms with Crippen LogP contribution in [0.5, 0.6) is 0 Å². The lowest BCUT2D eigenvalue weighted by molar-refractivity contribution is -0.123. The first-order valence-corrected chi connectivity index (χ1v) is 9.16. The van der Waals surface area contributed by atoms with Crippen LogP contribution in [0.25, 0.3) is 0 Å². The van der Waals surface area contributed by atoms with Crippen LogP contribution in [-0.4, -0.2) is 60.4 Å². The number of hydrogen-bond donors (Lipinski definition) is 2. The molecule has 3 rings (SSSR count). The number of nitrogens with one attached hydrogen (secondary N) is 2. The maximum Gasteiger partial charge on any atom is 0.322 e. The molecule has 2 fully saturated rings. The zero-order valence-corrected chi connectivity index (χ0v) is 15.4. The highest BCUT2D eigenvalue weighted by atomic mass is 16.2. The Hall–Kier alpha value is -2.57. The van der Waals surface area contributed by atoms with Crippen LogP contribution < -0.4 is 10.6 Å². The molecule has 7 nitrogen and oxygen atoms in total. The second kappa shape index (κ2) is 7.76. The summed E-state index contributed by atoms with van der Waals surface area (Å²) in [5.74, 6) is 0.430. The molecular weight excluding hydrogens is 332 g/mol. The summed E-state index contributed by atoms with van der Waals surface area (Å²) in [5.41, 5.74) is 2.13. The lowest BCUT2D eigenvalue weighted by Crippen LogP contribution is -2.51. The molecule has 7 heteroatoms. The van der Waals surface area contributed by atoms with Crippen molar-refractivity contribution in [3.63, 3.8) is 0 Å². The molecule has 2 N–H and O–H groups in total. The van der Waals surface area contributed by atoms with Gasteiger partial charge >= 0.3 is 6.03 Å². The number of piperazine rings is 1. The third kappa shape index (κ3) is 4.15. The Morgan fingerprint density at radius 1 is 1.23 bits per heavy atom. The van der Waals surface area contributed by atoms with Gasteiger partial charge in [-0.2, -0.15) is 0 Å². The van der Waals surface area contributed by atoms with E-state index in [2.05, 4.69) is 17.6 Å². The molecule has 4 amide bonds. The lowest BCUT2D eigenvalue weighted by Gasteiger charge is -2.31. The van der Waals surface area contributed by atoms with Gasteiger partial charge in [0.05, 0.1) is 0 Å². The maximum atomic E-state index is 12.7. The van der Waals surface area contributed by atoms with E-state index < -0.39 is 0 Å². The molecule has 1 unspecified atom stereocenters. The molecule has 140 valence electrons. The number of nitrogens with zero attached hydrogens (tertiary/aromatic N) is 2. The van der Waals surface area contributed by atoms with Crippen LogP contribution in [0.15, 0.2) is 18.2 Å². The van der Waals surface area contributed by atoms with Crippen molar-refractivity contribution >= 4 is 23.5 Å². The fourth-order valence-electron chi connectivity index (χ4n) is 3.50. The van der Waals surface area contributed by atoms with Crippen molar-refractivity contribution in [2.24, 2.45) is 5.92 Å². The van der Waals surface area contributed by atoms with Gasteiger partial charge < -0.3 is 20.4 Å². The smallest absolute Gasteiger partial charge is 0.322 e. The highest BCUT2D eigenvalue weighted by Crippen LogP contribution is 2.21. The van der Waals surface area contributed by atoms with Gasteiger partial charge in [0, 0.05) is 37.4 Å². The summed E-state index contributed by atoms with van der Waals surface area (Å²) in [5, 5.41) is 5.53. The zero-order valence-electron chi connectivity index (χ0n) is 15.4. The number of aryl methyl sites for hydroxylation is 1. The second-order valence-corrected chi connectivity index (χ2v) is 7.23. The monoisotopic (exact) mass is 358 g/mol. The normalized spacial score (nSPS) is 20.5. The van der Waals surface area contributed by atoms with E-state index in [0.29, 0.717) is 30.3 Å². The van der Waals surface area contributed by atoms with Gasteiger partial charge in [-0.1, -0.05) is 6.92 Å². The predicted octanol–water partition coefficient (Wildman–Crippen LogP) is 1.83. The Labute approximate surface area is 153 Å².